The van der Waals surface area contributed by atoms with Crippen LogP contribution in [-0.2, 0) is 4.74 Å². The van der Waals surface area contributed by atoms with Gasteiger partial charge in [0.05, 0.1) is 12.2 Å². The molecular formula is C12H20O2. The third-order valence-corrected chi connectivity index (χ3v) is 3.90. The van der Waals surface area contributed by atoms with Gasteiger partial charge in [0.25, 0.3) is 0 Å². The molecule has 2 unspecified atom stereocenters. The molecular weight excluding hydrogens is 176 g/mol. The number of rotatable bonds is 3. The van der Waals surface area contributed by atoms with E-state index < -0.39 is 0 Å². The van der Waals surface area contributed by atoms with Crippen molar-refractivity contribution in [1.82, 2.24) is 0 Å². The van der Waals surface area contributed by atoms with E-state index in [2.05, 4.69) is 13.5 Å². The summed E-state index contributed by atoms with van der Waals surface area (Å²) in [6.45, 7) is 7.52. The summed E-state index contributed by atoms with van der Waals surface area (Å²) in [7, 11) is 0. The minimum absolute atomic E-state index is 0.161. The molecule has 0 bridgehead atoms. The van der Waals surface area contributed by atoms with Crippen LogP contribution in [0.3, 0.4) is 0 Å². The van der Waals surface area contributed by atoms with Gasteiger partial charge in [0.1, 0.15) is 0 Å². The Labute approximate surface area is 86.0 Å². The minimum atomic E-state index is 0.161. The summed E-state index contributed by atoms with van der Waals surface area (Å²) in [5.74, 6) is 1.21. The summed E-state index contributed by atoms with van der Waals surface area (Å²) in [5.41, 5.74) is 1.49. The fraction of sp³-hybridized carbons (Fsp3) is 0.833. The van der Waals surface area contributed by atoms with Crippen LogP contribution in [0.4, 0.5) is 0 Å². The van der Waals surface area contributed by atoms with Gasteiger partial charge in [0, 0.05) is 6.61 Å². The van der Waals surface area contributed by atoms with Crippen LogP contribution in [-0.4, -0.2) is 23.9 Å². The summed E-state index contributed by atoms with van der Waals surface area (Å²) in [4.78, 5) is 0. The molecule has 0 aromatic carbocycles. The molecule has 1 heterocycles. The maximum atomic E-state index is 8.97. The lowest BCUT2D eigenvalue weighted by molar-refractivity contribution is 0.165. The molecule has 0 spiro atoms. The third kappa shape index (κ3) is 1.86. The van der Waals surface area contributed by atoms with E-state index in [-0.39, 0.29) is 12.2 Å². The van der Waals surface area contributed by atoms with Gasteiger partial charge in [-0.3, -0.25) is 0 Å². The lowest BCUT2D eigenvalue weighted by Crippen LogP contribution is -2.28. The number of hydrogen-bond donors (Lipinski definition) is 1. The van der Waals surface area contributed by atoms with Crippen LogP contribution in [0.15, 0.2) is 12.2 Å². The minimum Gasteiger partial charge on any atom is -0.396 e. The molecule has 2 rings (SSSR count). The first-order chi connectivity index (χ1) is 6.65. The first kappa shape index (κ1) is 10.2. The van der Waals surface area contributed by atoms with Gasteiger partial charge in [-0.15, -0.1) is 0 Å². The van der Waals surface area contributed by atoms with E-state index in [0.717, 1.165) is 25.9 Å². The molecule has 2 nitrogen and oxygen atoms in total. The predicted octanol–water partition coefficient (Wildman–Crippen LogP) is 2.13. The normalized spacial score (nSPS) is 42.6. The Morgan fingerprint density at radius 2 is 2.36 bits per heavy atom. The molecule has 1 saturated carbocycles. The fourth-order valence-corrected chi connectivity index (χ4v) is 2.57. The van der Waals surface area contributed by atoms with Crippen LogP contribution in [0.1, 0.15) is 32.6 Å². The highest BCUT2D eigenvalue weighted by Crippen LogP contribution is 2.46. The lowest BCUT2D eigenvalue weighted by Gasteiger charge is -2.33. The van der Waals surface area contributed by atoms with E-state index in [4.69, 9.17) is 9.84 Å². The average molecular weight is 196 g/mol. The summed E-state index contributed by atoms with van der Waals surface area (Å²) < 4.78 is 5.51. The number of aliphatic hydroxyl groups excluding tert-OH is 1. The highest BCUT2D eigenvalue weighted by atomic mass is 16.6. The van der Waals surface area contributed by atoms with Crippen molar-refractivity contribution < 1.29 is 9.84 Å². The molecule has 2 aliphatic rings. The number of epoxide rings is 1. The number of ether oxygens (including phenoxy) is 1. The van der Waals surface area contributed by atoms with Crippen LogP contribution < -0.4 is 0 Å². The van der Waals surface area contributed by atoms with Gasteiger partial charge in [0.15, 0.2) is 0 Å². The summed E-state index contributed by atoms with van der Waals surface area (Å²) in [5, 5.41) is 8.97. The molecule has 2 fully saturated rings. The molecule has 0 aromatic rings. The first-order valence-electron chi connectivity index (χ1n) is 5.58. The fourth-order valence-electron chi connectivity index (χ4n) is 2.57. The molecule has 3 atom stereocenters. The van der Waals surface area contributed by atoms with Crippen LogP contribution in [0.2, 0.25) is 0 Å². The highest BCUT2D eigenvalue weighted by molar-refractivity contribution is 5.09. The molecule has 1 aliphatic heterocycles. The van der Waals surface area contributed by atoms with Crippen molar-refractivity contribution >= 4 is 0 Å². The van der Waals surface area contributed by atoms with Crippen LogP contribution in [0.25, 0.3) is 0 Å². The van der Waals surface area contributed by atoms with Gasteiger partial charge in [-0.25, -0.2) is 0 Å². The van der Waals surface area contributed by atoms with Crippen LogP contribution >= 0.6 is 0 Å². The largest absolute Gasteiger partial charge is 0.396 e. The second kappa shape index (κ2) is 3.67. The van der Waals surface area contributed by atoms with Crippen LogP contribution in [0, 0.1) is 11.8 Å². The predicted molar refractivity (Wildman–Crippen MR) is 56.0 cm³/mol. The number of hydrogen-bond acceptors (Lipinski definition) is 2. The van der Waals surface area contributed by atoms with Crippen molar-refractivity contribution in [3.8, 4) is 0 Å². The van der Waals surface area contributed by atoms with Gasteiger partial charge in [-0.2, -0.15) is 0 Å². The molecule has 80 valence electrons. The average Bonchev–Trinajstić information content (AvgIpc) is 2.89. The summed E-state index contributed by atoms with van der Waals surface area (Å²) >= 11 is 0. The van der Waals surface area contributed by atoms with Crippen molar-refractivity contribution in [2.75, 3.05) is 13.2 Å². The van der Waals surface area contributed by atoms with E-state index in [9.17, 15) is 0 Å². The van der Waals surface area contributed by atoms with Gasteiger partial charge in [-0.05, 0) is 44.4 Å². The van der Waals surface area contributed by atoms with E-state index >= 15 is 0 Å². The standard InChI is InChI=1S/C12H20O2/c1-9-3-4-11(12(2)8-14-12)7-10(9)5-6-13/h10-11,13H,1,3-8H2,2H3/t10?,11-,12?/m1/s1. The monoisotopic (exact) mass is 196 g/mol. The summed E-state index contributed by atoms with van der Waals surface area (Å²) in [6.07, 6.45) is 4.38. The van der Waals surface area contributed by atoms with Crippen molar-refractivity contribution in [3.05, 3.63) is 12.2 Å². The van der Waals surface area contributed by atoms with Gasteiger partial charge >= 0.3 is 0 Å². The van der Waals surface area contributed by atoms with E-state index in [0.29, 0.717) is 11.8 Å². The second-order valence-corrected chi connectivity index (χ2v) is 4.94. The Morgan fingerprint density at radius 1 is 1.64 bits per heavy atom. The molecule has 14 heavy (non-hydrogen) atoms. The van der Waals surface area contributed by atoms with Crippen LogP contribution in [0.5, 0.6) is 0 Å². The highest BCUT2D eigenvalue weighted by Gasteiger charge is 2.48. The third-order valence-electron chi connectivity index (χ3n) is 3.90. The smallest absolute Gasteiger partial charge is 0.0916 e. The van der Waals surface area contributed by atoms with E-state index in [1.54, 1.807) is 0 Å². The second-order valence-electron chi connectivity index (χ2n) is 4.94. The van der Waals surface area contributed by atoms with Crippen molar-refractivity contribution in [1.29, 1.82) is 0 Å². The molecule has 1 aliphatic carbocycles. The molecule has 0 radical (unpaired) electrons. The van der Waals surface area contributed by atoms with Crippen molar-refractivity contribution in [3.63, 3.8) is 0 Å². The van der Waals surface area contributed by atoms with Gasteiger partial charge < -0.3 is 9.84 Å². The zero-order valence-electron chi connectivity index (χ0n) is 8.96. The Kier molecular flexibility index (Phi) is 2.67. The Balaban J connectivity index is 1.94. The molecule has 0 amide bonds. The SMILES string of the molecule is C=C1CC[C@@H](C2(C)CO2)CC1CCO. The van der Waals surface area contributed by atoms with Gasteiger partial charge in [0.2, 0.25) is 0 Å². The molecule has 0 aromatic heterocycles. The van der Waals surface area contributed by atoms with Crippen molar-refractivity contribution in [2.45, 2.75) is 38.2 Å². The number of aliphatic hydroxyl groups is 1. The Hall–Kier alpha value is -0.340. The van der Waals surface area contributed by atoms with Crippen molar-refractivity contribution in [2.24, 2.45) is 11.8 Å². The van der Waals surface area contributed by atoms with E-state index in [1.807, 2.05) is 0 Å². The van der Waals surface area contributed by atoms with E-state index in [1.165, 1.54) is 12.0 Å². The Bertz CT molecular complexity index is 230. The maximum absolute atomic E-state index is 8.97. The molecule has 2 heteroatoms. The zero-order valence-corrected chi connectivity index (χ0v) is 8.96. The number of allylic oxidation sites excluding steroid dienone is 1. The first-order valence-corrected chi connectivity index (χ1v) is 5.58. The summed E-state index contributed by atoms with van der Waals surface area (Å²) in [6, 6.07) is 0. The molecule has 1 N–H and O–H groups in total. The molecule has 1 saturated heterocycles. The zero-order chi connectivity index (χ0) is 10.2. The lowest BCUT2D eigenvalue weighted by atomic mass is 9.72. The topological polar surface area (TPSA) is 32.8 Å². The maximum Gasteiger partial charge on any atom is 0.0916 e. The quantitative estimate of drug-likeness (QED) is 0.554. The van der Waals surface area contributed by atoms with Gasteiger partial charge in [-0.1, -0.05) is 12.2 Å². The Morgan fingerprint density at radius 3 is 2.93 bits per heavy atom.